The Bertz CT molecular complexity index is 902. The first-order valence-electron chi connectivity index (χ1n) is 8.34. The molecule has 6 nitrogen and oxygen atoms in total. The van der Waals surface area contributed by atoms with Crippen molar-refractivity contribution < 1.29 is 9.53 Å². The summed E-state index contributed by atoms with van der Waals surface area (Å²) in [6, 6.07) is 17.4. The van der Waals surface area contributed by atoms with E-state index in [1.807, 2.05) is 59.2 Å². The first-order valence-corrected chi connectivity index (χ1v) is 10.1. The van der Waals surface area contributed by atoms with Gasteiger partial charge in [0, 0.05) is 35.1 Å². The number of hydrogen-bond donors (Lipinski definition) is 1. The molecule has 0 saturated carbocycles. The average molecular weight is 447 g/mol. The van der Waals surface area contributed by atoms with E-state index in [-0.39, 0.29) is 5.91 Å². The van der Waals surface area contributed by atoms with Gasteiger partial charge in [-0.15, -0.1) is 10.2 Å². The van der Waals surface area contributed by atoms with E-state index in [2.05, 4.69) is 31.4 Å². The van der Waals surface area contributed by atoms with Crippen molar-refractivity contribution in [2.45, 2.75) is 18.2 Å². The first kappa shape index (κ1) is 19.6. The summed E-state index contributed by atoms with van der Waals surface area (Å²) in [6.07, 6.45) is 0.373. The van der Waals surface area contributed by atoms with Crippen LogP contribution in [0.1, 0.15) is 12.2 Å². The van der Waals surface area contributed by atoms with Gasteiger partial charge in [0.2, 0.25) is 5.91 Å². The van der Waals surface area contributed by atoms with E-state index in [1.165, 1.54) is 11.8 Å². The van der Waals surface area contributed by atoms with Crippen LogP contribution < -0.4 is 5.32 Å². The number of hydrogen-bond acceptors (Lipinski definition) is 5. The van der Waals surface area contributed by atoms with Crippen LogP contribution in [-0.2, 0) is 16.1 Å². The molecule has 3 aromatic rings. The number of methoxy groups -OCH3 is 1. The van der Waals surface area contributed by atoms with Gasteiger partial charge in [0.15, 0.2) is 11.0 Å². The fraction of sp³-hybridized carbons (Fsp3) is 0.211. The van der Waals surface area contributed by atoms with Crippen molar-refractivity contribution in [2.75, 3.05) is 18.2 Å². The Balaban J connectivity index is 1.63. The second-order valence-electron chi connectivity index (χ2n) is 5.66. The standard InChI is InChI=1S/C19H19BrN4O2S/c1-26-13-17-22-23-19(24(17)16-8-3-2-4-9-16)27-11-10-18(25)21-15-7-5-6-14(20)12-15/h2-9,12H,10-11,13H2,1H3,(H,21,25). The number of rotatable bonds is 8. The number of amides is 1. The molecule has 0 spiro atoms. The summed E-state index contributed by atoms with van der Waals surface area (Å²) < 4.78 is 8.11. The molecule has 2 aromatic carbocycles. The summed E-state index contributed by atoms with van der Waals surface area (Å²) in [6.45, 7) is 0.367. The maximum Gasteiger partial charge on any atom is 0.225 e. The van der Waals surface area contributed by atoms with Crippen LogP contribution in [0.2, 0.25) is 0 Å². The van der Waals surface area contributed by atoms with Crippen molar-refractivity contribution in [1.82, 2.24) is 14.8 Å². The third-order valence-electron chi connectivity index (χ3n) is 3.66. The Morgan fingerprint density at radius 2 is 2.00 bits per heavy atom. The molecule has 0 atom stereocenters. The largest absolute Gasteiger partial charge is 0.377 e. The van der Waals surface area contributed by atoms with Crippen molar-refractivity contribution in [3.8, 4) is 5.69 Å². The second-order valence-corrected chi connectivity index (χ2v) is 7.64. The van der Waals surface area contributed by atoms with Gasteiger partial charge in [-0.2, -0.15) is 0 Å². The SMILES string of the molecule is COCc1nnc(SCCC(=O)Nc2cccc(Br)c2)n1-c1ccccc1. The van der Waals surface area contributed by atoms with Crippen molar-refractivity contribution in [3.05, 3.63) is 64.9 Å². The number of nitrogens with one attached hydrogen (secondary N) is 1. The van der Waals surface area contributed by atoms with Gasteiger partial charge in [-0.05, 0) is 30.3 Å². The van der Waals surface area contributed by atoms with Crippen LogP contribution in [0, 0.1) is 0 Å². The molecule has 0 bridgehead atoms. The van der Waals surface area contributed by atoms with Gasteiger partial charge < -0.3 is 10.1 Å². The van der Waals surface area contributed by atoms with Crippen molar-refractivity contribution in [3.63, 3.8) is 0 Å². The third kappa shape index (κ3) is 5.41. The van der Waals surface area contributed by atoms with Crippen molar-refractivity contribution in [1.29, 1.82) is 0 Å². The van der Waals surface area contributed by atoms with Gasteiger partial charge in [0.25, 0.3) is 0 Å². The van der Waals surface area contributed by atoms with Gasteiger partial charge in [-0.3, -0.25) is 9.36 Å². The van der Waals surface area contributed by atoms with Crippen molar-refractivity contribution in [2.24, 2.45) is 0 Å². The highest BCUT2D eigenvalue weighted by molar-refractivity contribution is 9.10. The van der Waals surface area contributed by atoms with E-state index in [9.17, 15) is 4.79 Å². The summed E-state index contributed by atoms with van der Waals surface area (Å²) in [5.41, 5.74) is 1.74. The lowest BCUT2D eigenvalue weighted by Crippen LogP contribution is -2.12. The number of anilines is 1. The Hall–Kier alpha value is -2.16. The molecule has 0 aliphatic heterocycles. The summed E-state index contributed by atoms with van der Waals surface area (Å²) in [4.78, 5) is 12.2. The van der Waals surface area contributed by atoms with Crippen molar-refractivity contribution >= 4 is 39.3 Å². The Morgan fingerprint density at radius 1 is 1.19 bits per heavy atom. The molecule has 1 N–H and O–H groups in total. The first-order chi connectivity index (χ1) is 13.2. The molecule has 8 heteroatoms. The molecular formula is C19H19BrN4O2S. The minimum Gasteiger partial charge on any atom is -0.377 e. The Morgan fingerprint density at radius 3 is 2.74 bits per heavy atom. The van der Waals surface area contributed by atoms with E-state index >= 15 is 0 Å². The maximum absolute atomic E-state index is 12.2. The molecule has 27 heavy (non-hydrogen) atoms. The summed E-state index contributed by atoms with van der Waals surface area (Å²) in [5, 5.41) is 12.1. The lowest BCUT2D eigenvalue weighted by Gasteiger charge is -2.10. The zero-order valence-corrected chi connectivity index (χ0v) is 17.2. The minimum atomic E-state index is -0.0384. The molecule has 140 valence electrons. The molecule has 0 aliphatic carbocycles. The number of benzene rings is 2. The van der Waals surface area contributed by atoms with E-state index < -0.39 is 0 Å². The molecular weight excluding hydrogens is 428 g/mol. The van der Waals surface area contributed by atoms with Gasteiger partial charge in [0.1, 0.15) is 6.61 Å². The van der Waals surface area contributed by atoms with Crippen LogP contribution >= 0.6 is 27.7 Å². The number of aromatic nitrogens is 3. The summed E-state index contributed by atoms with van der Waals surface area (Å²) >= 11 is 4.89. The molecule has 3 rings (SSSR count). The van der Waals surface area contributed by atoms with Crippen LogP contribution in [0.4, 0.5) is 5.69 Å². The zero-order valence-electron chi connectivity index (χ0n) is 14.8. The minimum absolute atomic E-state index is 0.0384. The van der Waals surface area contributed by atoms with Crippen LogP contribution in [0.25, 0.3) is 5.69 Å². The topological polar surface area (TPSA) is 69.0 Å². The summed E-state index contributed by atoms with van der Waals surface area (Å²) in [5.74, 6) is 1.28. The zero-order chi connectivity index (χ0) is 19.1. The summed E-state index contributed by atoms with van der Waals surface area (Å²) in [7, 11) is 1.63. The molecule has 1 amide bonds. The second kappa shape index (κ2) is 9.68. The normalized spacial score (nSPS) is 10.7. The quantitative estimate of drug-likeness (QED) is 0.522. The van der Waals surface area contributed by atoms with Crippen LogP contribution in [0.15, 0.2) is 64.2 Å². The van der Waals surface area contributed by atoms with Crippen LogP contribution in [0.5, 0.6) is 0 Å². The molecule has 0 unspecified atom stereocenters. The number of thioether (sulfide) groups is 1. The molecule has 1 aromatic heterocycles. The molecule has 0 saturated heterocycles. The van der Waals surface area contributed by atoms with Gasteiger partial charge in [-0.25, -0.2) is 0 Å². The van der Waals surface area contributed by atoms with E-state index in [0.717, 1.165) is 26.8 Å². The number of carbonyl (C=O) groups is 1. The number of ether oxygens (including phenoxy) is 1. The number of halogens is 1. The lowest BCUT2D eigenvalue weighted by atomic mass is 10.3. The average Bonchev–Trinajstić information content (AvgIpc) is 3.05. The Kier molecular flexibility index (Phi) is 7.03. The number of nitrogens with zero attached hydrogens (tertiary/aromatic N) is 3. The monoisotopic (exact) mass is 446 g/mol. The number of para-hydroxylation sites is 1. The predicted molar refractivity (Wildman–Crippen MR) is 110 cm³/mol. The van der Waals surface area contributed by atoms with Gasteiger partial charge in [0.05, 0.1) is 0 Å². The molecule has 0 aliphatic rings. The van der Waals surface area contributed by atoms with Crippen LogP contribution in [0.3, 0.4) is 0 Å². The van der Waals surface area contributed by atoms with Gasteiger partial charge in [-0.1, -0.05) is 52.0 Å². The molecule has 0 radical (unpaired) electrons. The fourth-order valence-electron chi connectivity index (χ4n) is 2.48. The molecule has 1 heterocycles. The highest BCUT2D eigenvalue weighted by Crippen LogP contribution is 2.23. The predicted octanol–water partition coefficient (Wildman–Crippen LogP) is 4.30. The third-order valence-corrected chi connectivity index (χ3v) is 5.08. The fourth-order valence-corrected chi connectivity index (χ4v) is 3.79. The molecule has 0 fully saturated rings. The van der Waals surface area contributed by atoms with E-state index in [0.29, 0.717) is 18.8 Å². The van der Waals surface area contributed by atoms with E-state index in [1.54, 1.807) is 7.11 Å². The Labute approximate surface area is 170 Å². The highest BCUT2D eigenvalue weighted by Gasteiger charge is 2.14. The highest BCUT2D eigenvalue weighted by atomic mass is 79.9. The van der Waals surface area contributed by atoms with Crippen LogP contribution in [-0.4, -0.2) is 33.5 Å². The smallest absolute Gasteiger partial charge is 0.225 e. The lowest BCUT2D eigenvalue weighted by molar-refractivity contribution is -0.115. The van der Waals surface area contributed by atoms with Gasteiger partial charge >= 0.3 is 0 Å². The maximum atomic E-state index is 12.2. The van der Waals surface area contributed by atoms with E-state index in [4.69, 9.17) is 4.74 Å². The number of carbonyl (C=O) groups excluding carboxylic acids is 1.